The highest BCUT2D eigenvalue weighted by Gasteiger charge is 2.19. The Hall–Kier alpha value is -2.65. The quantitative estimate of drug-likeness (QED) is 0.361. The molecule has 1 aromatic carbocycles. The molecule has 9 nitrogen and oxygen atoms in total. The van der Waals surface area contributed by atoms with Crippen LogP contribution >= 0.6 is 11.6 Å². The first-order valence-corrected chi connectivity index (χ1v) is 8.18. The number of rotatable bonds is 7. The minimum Gasteiger partial charge on any atom is -0.546 e. The Balaban J connectivity index is 1.87. The van der Waals surface area contributed by atoms with Crippen LogP contribution in [0.1, 0.15) is 18.4 Å². The van der Waals surface area contributed by atoms with Crippen molar-refractivity contribution in [1.29, 1.82) is 0 Å². The molecule has 0 bridgehead atoms. The Bertz CT molecular complexity index is 703. The number of carboxylic acids is 1. The van der Waals surface area contributed by atoms with E-state index >= 15 is 0 Å². The highest BCUT2D eigenvalue weighted by Crippen LogP contribution is 2.21. The number of carboxylic acid groups (broad SMARTS) is 1. The van der Waals surface area contributed by atoms with E-state index in [0.29, 0.717) is 17.2 Å². The van der Waals surface area contributed by atoms with Gasteiger partial charge in [-0.3, -0.25) is 9.59 Å². The van der Waals surface area contributed by atoms with Crippen LogP contribution < -0.4 is 20.6 Å². The molecule has 1 aliphatic rings. The first kappa shape index (κ1) is 19.7. The topological polar surface area (TPSA) is 129 Å². The monoisotopic (exact) mass is 382 g/mol. The third kappa shape index (κ3) is 6.34. The van der Waals surface area contributed by atoms with Gasteiger partial charge in [-0.2, -0.15) is 5.10 Å². The number of hydrazone groups is 1. The third-order valence-corrected chi connectivity index (χ3v) is 3.64. The van der Waals surface area contributed by atoms with Crippen molar-refractivity contribution in [2.24, 2.45) is 5.10 Å². The third-order valence-electron chi connectivity index (χ3n) is 3.41. The predicted octanol–water partition coefficient (Wildman–Crippen LogP) is -0.786. The first-order chi connectivity index (χ1) is 12.5. The van der Waals surface area contributed by atoms with Gasteiger partial charge in [0.25, 0.3) is 0 Å². The molecule has 1 aromatic rings. The number of aliphatic carboxylic acids is 1. The summed E-state index contributed by atoms with van der Waals surface area (Å²) >= 11 is 5.87. The minimum absolute atomic E-state index is 0.0786. The van der Waals surface area contributed by atoms with E-state index in [9.17, 15) is 19.5 Å². The normalized spacial score (nSPS) is 16.4. The molecule has 1 atom stereocenters. The van der Waals surface area contributed by atoms with Gasteiger partial charge < -0.3 is 24.7 Å². The molecule has 140 valence electrons. The van der Waals surface area contributed by atoms with Crippen molar-refractivity contribution in [2.75, 3.05) is 19.8 Å². The summed E-state index contributed by atoms with van der Waals surface area (Å²) in [5, 5.41) is 16.9. The van der Waals surface area contributed by atoms with Crippen molar-refractivity contribution >= 4 is 35.6 Å². The summed E-state index contributed by atoms with van der Waals surface area (Å²) in [4.78, 5) is 33.8. The fraction of sp³-hybridized carbons (Fsp3) is 0.375. The molecule has 1 saturated heterocycles. The molecule has 10 heteroatoms. The molecule has 0 aliphatic carbocycles. The molecule has 2 amide bonds. The summed E-state index contributed by atoms with van der Waals surface area (Å²) in [5.74, 6) is -2.99. The van der Waals surface area contributed by atoms with E-state index in [2.05, 4.69) is 15.8 Å². The van der Waals surface area contributed by atoms with Crippen molar-refractivity contribution in [3.8, 4) is 5.75 Å². The second-order valence-electron chi connectivity index (χ2n) is 5.39. The largest absolute Gasteiger partial charge is 0.546 e. The van der Waals surface area contributed by atoms with Gasteiger partial charge in [0.2, 0.25) is 0 Å². The summed E-state index contributed by atoms with van der Waals surface area (Å²) in [6.45, 7) is 0.255. The number of amides is 2. The van der Waals surface area contributed by atoms with Crippen molar-refractivity contribution in [1.82, 2.24) is 10.7 Å². The Kier molecular flexibility index (Phi) is 7.37. The van der Waals surface area contributed by atoms with Crippen LogP contribution in [0.2, 0.25) is 5.02 Å². The maximum atomic E-state index is 11.7. The number of hydrogen-bond donors (Lipinski definition) is 2. The number of halogens is 1. The number of carbonyl (C=O) groups is 3. The molecule has 0 saturated carbocycles. The smallest absolute Gasteiger partial charge is 0.329 e. The second-order valence-corrected chi connectivity index (χ2v) is 5.82. The van der Waals surface area contributed by atoms with E-state index in [4.69, 9.17) is 21.1 Å². The molecular formula is C16H17ClN3O6-. The molecular weight excluding hydrogens is 366 g/mol. The van der Waals surface area contributed by atoms with Crippen LogP contribution in [0.15, 0.2) is 23.3 Å². The summed E-state index contributed by atoms with van der Waals surface area (Å²) in [7, 11) is 0. The molecule has 1 fully saturated rings. The van der Waals surface area contributed by atoms with Gasteiger partial charge in [-0.1, -0.05) is 11.6 Å². The highest BCUT2D eigenvalue weighted by atomic mass is 35.5. The molecule has 2 N–H and O–H groups in total. The molecule has 0 spiro atoms. The number of hydrogen-bond acceptors (Lipinski definition) is 7. The lowest BCUT2D eigenvalue weighted by molar-refractivity contribution is -0.307. The van der Waals surface area contributed by atoms with Gasteiger partial charge in [-0.15, -0.1) is 0 Å². The van der Waals surface area contributed by atoms with E-state index in [0.717, 1.165) is 12.8 Å². The maximum absolute atomic E-state index is 11.7. The van der Waals surface area contributed by atoms with E-state index in [1.165, 1.54) is 24.4 Å². The van der Waals surface area contributed by atoms with Crippen LogP contribution in [0.4, 0.5) is 0 Å². The van der Waals surface area contributed by atoms with Crippen molar-refractivity contribution < 1.29 is 29.0 Å². The average molecular weight is 383 g/mol. The van der Waals surface area contributed by atoms with Gasteiger partial charge in [0, 0.05) is 23.7 Å². The van der Waals surface area contributed by atoms with Crippen LogP contribution in [0.5, 0.6) is 5.75 Å². The van der Waals surface area contributed by atoms with Crippen LogP contribution in [0.25, 0.3) is 0 Å². The molecule has 0 radical (unpaired) electrons. The van der Waals surface area contributed by atoms with Gasteiger partial charge >= 0.3 is 11.8 Å². The molecule has 0 unspecified atom stereocenters. The number of ether oxygens (including phenoxy) is 2. The number of carbonyl (C=O) groups excluding carboxylic acids is 3. The zero-order valence-electron chi connectivity index (χ0n) is 13.7. The van der Waals surface area contributed by atoms with Crippen LogP contribution in [0, 0.1) is 0 Å². The van der Waals surface area contributed by atoms with E-state index in [1.807, 2.05) is 0 Å². The van der Waals surface area contributed by atoms with E-state index < -0.39 is 24.4 Å². The average Bonchev–Trinajstić information content (AvgIpc) is 3.12. The van der Waals surface area contributed by atoms with E-state index in [1.54, 1.807) is 0 Å². The summed E-state index contributed by atoms with van der Waals surface area (Å²) in [5.41, 5.74) is 2.39. The zero-order valence-corrected chi connectivity index (χ0v) is 14.5. The summed E-state index contributed by atoms with van der Waals surface area (Å²) in [6.07, 6.45) is 2.87. The van der Waals surface area contributed by atoms with Gasteiger partial charge in [0.1, 0.15) is 12.4 Å². The summed E-state index contributed by atoms with van der Waals surface area (Å²) < 4.78 is 10.4. The summed E-state index contributed by atoms with van der Waals surface area (Å²) in [6, 6.07) is 4.41. The fourth-order valence-corrected chi connectivity index (χ4v) is 2.37. The minimum atomic E-state index is -1.39. The fourth-order valence-electron chi connectivity index (χ4n) is 2.19. The number of nitrogens with one attached hydrogen (secondary N) is 2. The number of nitrogens with zero attached hydrogens (tertiary/aromatic N) is 1. The Morgan fingerprint density at radius 1 is 1.38 bits per heavy atom. The first-order valence-electron chi connectivity index (χ1n) is 7.80. The lowest BCUT2D eigenvalue weighted by Gasteiger charge is -2.10. The second kappa shape index (κ2) is 9.73. The Morgan fingerprint density at radius 3 is 2.88 bits per heavy atom. The van der Waals surface area contributed by atoms with Crippen molar-refractivity contribution in [3.63, 3.8) is 0 Å². The van der Waals surface area contributed by atoms with Crippen LogP contribution in [-0.4, -0.2) is 49.9 Å². The maximum Gasteiger partial charge on any atom is 0.329 e. The molecule has 0 aromatic heterocycles. The molecule has 1 heterocycles. The standard InChI is InChI=1S/C16H18ClN3O6/c17-11-3-4-13(26-9-14(21)22)10(6-11)7-19-20-16(24)15(23)18-8-12-2-1-5-25-12/h3-4,6-7,12H,1-2,5,8-9H2,(H,18,23)(H,20,24)(H,21,22)/p-1/b19-7-/t12-/m1/s1. The molecule has 2 rings (SSSR count). The zero-order chi connectivity index (χ0) is 18.9. The lowest BCUT2D eigenvalue weighted by atomic mass is 10.2. The van der Waals surface area contributed by atoms with Crippen molar-refractivity contribution in [2.45, 2.75) is 18.9 Å². The predicted molar refractivity (Wildman–Crippen MR) is 89.7 cm³/mol. The lowest BCUT2D eigenvalue weighted by Crippen LogP contribution is -2.41. The van der Waals surface area contributed by atoms with Crippen molar-refractivity contribution in [3.05, 3.63) is 28.8 Å². The van der Waals surface area contributed by atoms with Gasteiger partial charge in [0.05, 0.1) is 18.3 Å². The van der Waals surface area contributed by atoms with Gasteiger partial charge in [-0.25, -0.2) is 5.43 Å². The molecule has 26 heavy (non-hydrogen) atoms. The number of benzene rings is 1. The van der Waals surface area contributed by atoms with E-state index in [-0.39, 0.29) is 18.4 Å². The van der Waals surface area contributed by atoms with Crippen LogP contribution in [0.3, 0.4) is 0 Å². The SMILES string of the molecule is O=C([O-])COc1ccc(Cl)cc1/C=N\NC(=O)C(=O)NC[C@H]1CCCO1. The molecule has 1 aliphatic heterocycles. The highest BCUT2D eigenvalue weighted by molar-refractivity contribution is 6.35. The van der Waals surface area contributed by atoms with Crippen LogP contribution in [-0.2, 0) is 19.1 Å². The Labute approximate surface area is 154 Å². The van der Waals surface area contributed by atoms with Gasteiger partial charge in [0.15, 0.2) is 0 Å². The van der Waals surface area contributed by atoms with Gasteiger partial charge in [-0.05, 0) is 31.0 Å². The Morgan fingerprint density at radius 2 is 2.19 bits per heavy atom.